The van der Waals surface area contributed by atoms with Crippen molar-refractivity contribution in [1.29, 1.82) is 0 Å². The molecule has 1 atom stereocenters. The SMILES string of the molecule is CCN1C(=O)C(CC(=O)Nc2ccccc2Br)SC1=Nc1ccc(Br)cc1Br. The molecule has 28 heavy (non-hydrogen) atoms. The van der Waals surface area contributed by atoms with Crippen LogP contribution in [0.25, 0.3) is 0 Å². The second-order valence-electron chi connectivity index (χ2n) is 5.91. The molecule has 1 N–H and O–H groups in total. The number of carbonyl (C=O) groups excluding carboxylic acids is 2. The smallest absolute Gasteiger partial charge is 0.242 e. The Morgan fingerprint density at radius 3 is 2.61 bits per heavy atom. The summed E-state index contributed by atoms with van der Waals surface area (Å²) >= 11 is 11.6. The van der Waals surface area contributed by atoms with Crippen molar-refractivity contribution in [3.63, 3.8) is 0 Å². The quantitative estimate of drug-likeness (QED) is 0.469. The van der Waals surface area contributed by atoms with Crippen molar-refractivity contribution >= 4 is 87.9 Å². The fraction of sp³-hybridized carbons (Fsp3) is 0.211. The molecule has 0 aliphatic carbocycles. The van der Waals surface area contributed by atoms with Crippen molar-refractivity contribution in [1.82, 2.24) is 4.90 Å². The molecule has 1 fully saturated rings. The van der Waals surface area contributed by atoms with Gasteiger partial charge in [0.05, 0.1) is 11.4 Å². The van der Waals surface area contributed by atoms with Crippen LogP contribution >= 0.6 is 59.6 Å². The molecule has 2 amide bonds. The maximum absolute atomic E-state index is 12.7. The first-order valence-electron chi connectivity index (χ1n) is 8.45. The minimum Gasteiger partial charge on any atom is -0.325 e. The van der Waals surface area contributed by atoms with E-state index in [2.05, 4.69) is 58.1 Å². The first kappa shape index (κ1) is 21.5. The summed E-state index contributed by atoms with van der Waals surface area (Å²) in [5.41, 5.74) is 1.42. The average Bonchev–Trinajstić information content (AvgIpc) is 2.94. The first-order chi connectivity index (χ1) is 13.4. The molecule has 0 aromatic heterocycles. The van der Waals surface area contributed by atoms with Crippen LogP contribution in [0.5, 0.6) is 0 Å². The molecule has 0 saturated carbocycles. The van der Waals surface area contributed by atoms with E-state index >= 15 is 0 Å². The molecule has 1 unspecified atom stereocenters. The lowest BCUT2D eigenvalue weighted by Gasteiger charge is -2.13. The Morgan fingerprint density at radius 1 is 1.18 bits per heavy atom. The number of hydrogen-bond acceptors (Lipinski definition) is 4. The highest BCUT2D eigenvalue weighted by Crippen LogP contribution is 2.35. The number of nitrogens with one attached hydrogen (secondary N) is 1. The van der Waals surface area contributed by atoms with Crippen molar-refractivity contribution in [2.24, 2.45) is 4.99 Å². The summed E-state index contributed by atoms with van der Waals surface area (Å²) in [6.07, 6.45) is 0.0852. The van der Waals surface area contributed by atoms with Gasteiger partial charge in [0.15, 0.2) is 5.17 Å². The van der Waals surface area contributed by atoms with Gasteiger partial charge in [-0.1, -0.05) is 39.8 Å². The third kappa shape index (κ3) is 5.06. The van der Waals surface area contributed by atoms with E-state index in [1.165, 1.54) is 11.8 Å². The van der Waals surface area contributed by atoms with Gasteiger partial charge in [0.25, 0.3) is 0 Å². The van der Waals surface area contributed by atoms with Crippen LogP contribution in [-0.4, -0.2) is 33.7 Å². The number of carbonyl (C=O) groups is 2. The Balaban J connectivity index is 1.75. The molecule has 2 aromatic rings. The minimum absolute atomic E-state index is 0.0852. The Labute approximate surface area is 192 Å². The van der Waals surface area contributed by atoms with Crippen LogP contribution in [0.3, 0.4) is 0 Å². The average molecular weight is 590 g/mol. The summed E-state index contributed by atoms with van der Waals surface area (Å²) in [6.45, 7) is 2.40. The number of benzene rings is 2. The van der Waals surface area contributed by atoms with Gasteiger partial charge in [0.2, 0.25) is 11.8 Å². The number of anilines is 1. The molecular weight excluding hydrogens is 574 g/mol. The zero-order valence-corrected chi connectivity index (χ0v) is 20.4. The second kappa shape index (κ2) is 9.56. The number of halogens is 3. The van der Waals surface area contributed by atoms with E-state index in [0.29, 0.717) is 17.4 Å². The number of para-hydroxylation sites is 1. The monoisotopic (exact) mass is 587 g/mol. The number of nitrogens with zero attached hydrogens (tertiary/aromatic N) is 2. The van der Waals surface area contributed by atoms with E-state index in [1.54, 1.807) is 4.90 Å². The Morgan fingerprint density at radius 2 is 1.93 bits per heavy atom. The van der Waals surface area contributed by atoms with Gasteiger partial charge in [-0.3, -0.25) is 14.5 Å². The number of amides is 2. The highest BCUT2D eigenvalue weighted by atomic mass is 79.9. The Kier molecular flexibility index (Phi) is 7.36. The van der Waals surface area contributed by atoms with E-state index in [-0.39, 0.29) is 18.2 Å². The summed E-state index contributed by atoms with van der Waals surface area (Å²) < 4.78 is 2.56. The third-order valence-electron chi connectivity index (χ3n) is 3.98. The van der Waals surface area contributed by atoms with Crippen molar-refractivity contribution < 1.29 is 9.59 Å². The summed E-state index contributed by atoms with van der Waals surface area (Å²) in [7, 11) is 0. The standard InChI is InChI=1S/C19H16Br3N3O2S/c1-2-25-18(27)16(10-17(26)23-14-6-4-3-5-12(14)21)28-19(25)24-15-8-7-11(20)9-13(15)22/h3-9,16H,2,10H2,1H3,(H,23,26). The fourth-order valence-electron chi connectivity index (χ4n) is 2.62. The van der Waals surface area contributed by atoms with Crippen LogP contribution in [0.4, 0.5) is 11.4 Å². The molecule has 0 spiro atoms. The molecule has 5 nitrogen and oxygen atoms in total. The predicted molar refractivity (Wildman–Crippen MR) is 125 cm³/mol. The van der Waals surface area contributed by atoms with Gasteiger partial charge in [-0.05, 0) is 69.1 Å². The molecule has 3 rings (SSSR count). The summed E-state index contributed by atoms with van der Waals surface area (Å²) in [5.74, 6) is -0.304. The topological polar surface area (TPSA) is 61.8 Å². The molecule has 146 valence electrons. The lowest BCUT2D eigenvalue weighted by Crippen LogP contribution is -2.33. The molecule has 1 heterocycles. The molecule has 9 heteroatoms. The van der Waals surface area contributed by atoms with E-state index < -0.39 is 5.25 Å². The Bertz CT molecular complexity index is 952. The fourth-order valence-corrected chi connectivity index (χ4v) is 5.36. The van der Waals surface area contributed by atoms with Crippen molar-refractivity contribution in [2.75, 3.05) is 11.9 Å². The molecule has 0 bridgehead atoms. The minimum atomic E-state index is -0.490. The number of rotatable bonds is 5. The molecule has 1 aliphatic rings. The van der Waals surface area contributed by atoms with Gasteiger partial charge in [0.1, 0.15) is 5.25 Å². The molecule has 1 aliphatic heterocycles. The van der Waals surface area contributed by atoms with Crippen LogP contribution in [0, 0.1) is 0 Å². The van der Waals surface area contributed by atoms with Gasteiger partial charge in [-0.2, -0.15) is 0 Å². The summed E-state index contributed by atoms with van der Waals surface area (Å²) in [4.78, 5) is 31.5. The lowest BCUT2D eigenvalue weighted by atomic mass is 10.2. The number of aliphatic imine (C=N–C) groups is 1. The van der Waals surface area contributed by atoms with Crippen LogP contribution < -0.4 is 5.32 Å². The van der Waals surface area contributed by atoms with Crippen molar-refractivity contribution in [3.8, 4) is 0 Å². The van der Waals surface area contributed by atoms with Gasteiger partial charge >= 0.3 is 0 Å². The second-order valence-corrected chi connectivity index (χ2v) is 9.71. The lowest BCUT2D eigenvalue weighted by molar-refractivity contribution is -0.128. The van der Waals surface area contributed by atoms with Crippen molar-refractivity contribution in [2.45, 2.75) is 18.6 Å². The van der Waals surface area contributed by atoms with Crippen LogP contribution in [0.1, 0.15) is 13.3 Å². The molecule has 0 radical (unpaired) electrons. The highest BCUT2D eigenvalue weighted by Gasteiger charge is 2.38. The Hall–Kier alpha value is -1.16. The van der Waals surface area contributed by atoms with Crippen LogP contribution in [-0.2, 0) is 9.59 Å². The van der Waals surface area contributed by atoms with E-state index in [1.807, 2.05) is 49.4 Å². The highest BCUT2D eigenvalue weighted by molar-refractivity contribution is 9.11. The van der Waals surface area contributed by atoms with E-state index in [9.17, 15) is 9.59 Å². The molecule has 2 aromatic carbocycles. The maximum Gasteiger partial charge on any atom is 0.242 e. The van der Waals surface area contributed by atoms with E-state index in [0.717, 1.165) is 19.1 Å². The normalized spacial score (nSPS) is 18.0. The number of thioether (sulfide) groups is 1. The van der Waals surface area contributed by atoms with Gasteiger partial charge in [-0.25, -0.2) is 4.99 Å². The van der Waals surface area contributed by atoms with Gasteiger partial charge < -0.3 is 5.32 Å². The molecular formula is C19H16Br3N3O2S. The van der Waals surface area contributed by atoms with Crippen LogP contribution in [0.15, 0.2) is 60.9 Å². The van der Waals surface area contributed by atoms with Gasteiger partial charge in [0, 0.05) is 26.4 Å². The third-order valence-corrected chi connectivity index (χ3v) is 6.98. The number of hydrogen-bond donors (Lipinski definition) is 1. The zero-order valence-electron chi connectivity index (χ0n) is 14.8. The predicted octanol–water partition coefficient (Wildman–Crippen LogP) is 5.95. The van der Waals surface area contributed by atoms with Crippen LogP contribution in [0.2, 0.25) is 0 Å². The maximum atomic E-state index is 12.7. The summed E-state index contributed by atoms with van der Waals surface area (Å²) in [6, 6.07) is 13.0. The molecule has 1 saturated heterocycles. The summed E-state index contributed by atoms with van der Waals surface area (Å²) in [5, 5.41) is 2.96. The van der Waals surface area contributed by atoms with Gasteiger partial charge in [-0.15, -0.1) is 0 Å². The van der Waals surface area contributed by atoms with E-state index in [4.69, 9.17) is 0 Å². The zero-order chi connectivity index (χ0) is 20.3. The number of amidine groups is 1. The first-order valence-corrected chi connectivity index (χ1v) is 11.7. The van der Waals surface area contributed by atoms with Crippen molar-refractivity contribution in [3.05, 3.63) is 55.9 Å². The largest absolute Gasteiger partial charge is 0.325 e.